The molecule has 0 fully saturated rings. The highest BCUT2D eigenvalue weighted by atomic mass is 16.3. The van der Waals surface area contributed by atoms with Crippen LogP contribution >= 0.6 is 0 Å². The van der Waals surface area contributed by atoms with Gasteiger partial charge in [0, 0.05) is 10.9 Å². The van der Waals surface area contributed by atoms with Crippen LogP contribution in [-0.4, -0.2) is 6.54 Å². The van der Waals surface area contributed by atoms with E-state index in [2.05, 4.69) is 67.7 Å². The molecule has 2 nitrogen and oxygen atoms in total. The minimum atomic E-state index is 0.237. The van der Waals surface area contributed by atoms with E-state index in [0.29, 0.717) is 0 Å². The van der Waals surface area contributed by atoms with Crippen molar-refractivity contribution in [1.29, 1.82) is 0 Å². The van der Waals surface area contributed by atoms with Crippen LogP contribution in [0, 0.1) is 0 Å². The highest BCUT2D eigenvalue weighted by Crippen LogP contribution is 2.32. The highest BCUT2D eigenvalue weighted by Gasteiger charge is 2.13. The number of hydrogen-bond donors (Lipinski definition) is 1. The second-order valence-corrected chi connectivity index (χ2v) is 5.41. The number of benzene rings is 2. The van der Waals surface area contributed by atoms with Crippen LogP contribution in [0.2, 0.25) is 0 Å². The summed E-state index contributed by atoms with van der Waals surface area (Å²) in [5.41, 5.74) is 3.32. The van der Waals surface area contributed by atoms with Crippen molar-refractivity contribution >= 4 is 11.0 Å². The van der Waals surface area contributed by atoms with Crippen LogP contribution in [0.1, 0.15) is 32.1 Å². The maximum Gasteiger partial charge on any atom is 0.142 e. The third-order valence-corrected chi connectivity index (χ3v) is 3.78. The molecule has 1 atom stereocenters. The number of nitrogens with one attached hydrogen (secondary N) is 1. The summed E-state index contributed by atoms with van der Waals surface area (Å²) in [4.78, 5) is 0. The third kappa shape index (κ3) is 2.86. The maximum absolute atomic E-state index is 6.15. The van der Waals surface area contributed by atoms with E-state index in [-0.39, 0.29) is 6.04 Å². The summed E-state index contributed by atoms with van der Waals surface area (Å²) in [5.74, 6) is 1.00. The normalized spacial score (nSPS) is 12.7. The Morgan fingerprint density at radius 1 is 1.05 bits per heavy atom. The number of para-hydroxylation sites is 1. The van der Waals surface area contributed by atoms with Crippen molar-refractivity contribution in [3.05, 3.63) is 60.4 Å². The smallest absolute Gasteiger partial charge is 0.142 e. The maximum atomic E-state index is 6.15. The second kappa shape index (κ2) is 6.15. The first-order valence-corrected chi connectivity index (χ1v) is 7.61. The second-order valence-electron chi connectivity index (χ2n) is 5.41. The van der Waals surface area contributed by atoms with Crippen molar-refractivity contribution in [2.45, 2.75) is 26.3 Å². The van der Waals surface area contributed by atoms with Gasteiger partial charge in [0.05, 0.1) is 6.04 Å². The molecular formula is C19H21NO. The van der Waals surface area contributed by atoms with E-state index in [1.54, 1.807) is 0 Å². The molecule has 2 heteroatoms. The molecule has 1 aromatic heterocycles. The van der Waals surface area contributed by atoms with Crippen LogP contribution in [0.4, 0.5) is 0 Å². The Labute approximate surface area is 125 Å². The molecule has 3 aromatic rings. The van der Waals surface area contributed by atoms with Crippen LogP contribution in [-0.2, 0) is 0 Å². The Balaban J connectivity index is 2.02. The Morgan fingerprint density at radius 3 is 2.62 bits per heavy atom. The molecule has 3 rings (SSSR count). The molecule has 21 heavy (non-hydrogen) atoms. The van der Waals surface area contributed by atoms with Crippen molar-refractivity contribution in [1.82, 2.24) is 5.32 Å². The van der Waals surface area contributed by atoms with Gasteiger partial charge in [0.25, 0.3) is 0 Å². The van der Waals surface area contributed by atoms with Gasteiger partial charge in [-0.1, -0.05) is 55.5 Å². The van der Waals surface area contributed by atoms with Gasteiger partial charge < -0.3 is 9.73 Å². The lowest BCUT2D eigenvalue weighted by Crippen LogP contribution is -2.18. The summed E-state index contributed by atoms with van der Waals surface area (Å²) in [7, 11) is 0. The van der Waals surface area contributed by atoms with E-state index >= 15 is 0 Å². The van der Waals surface area contributed by atoms with Crippen LogP contribution in [0.15, 0.2) is 59.0 Å². The predicted octanol–water partition coefficient (Wildman–Crippen LogP) is 5.16. The van der Waals surface area contributed by atoms with Gasteiger partial charge >= 0.3 is 0 Å². The third-order valence-electron chi connectivity index (χ3n) is 3.78. The van der Waals surface area contributed by atoms with Gasteiger partial charge in [0.15, 0.2) is 0 Å². The van der Waals surface area contributed by atoms with Crippen molar-refractivity contribution < 1.29 is 4.42 Å². The standard InChI is InChI=1S/C19H21NO/c1-3-12-20-14(2)18-13-16-10-7-11-17(19(16)21-18)15-8-5-4-6-9-15/h4-11,13-14,20H,3,12H2,1-2H3. The molecule has 108 valence electrons. The van der Waals surface area contributed by atoms with E-state index in [1.807, 2.05) is 6.07 Å². The zero-order valence-corrected chi connectivity index (χ0v) is 12.6. The van der Waals surface area contributed by atoms with E-state index in [0.717, 1.165) is 35.3 Å². The molecule has 0 bridgehead atoms. The Morgan fingerprint density at radius 2 is 1.86 bits per heavy atom. The van der Waals surface area contributed by atoms with Gasteiger partial charge in [-0.25, -0.2) is 0 Å². The monoisotopic (exact) mass is 279 g/mol. The van der Waals surface area contributed by atoms with Crippen molar-refractivity contribution in [2.75, 3.05) is 6.54 Å². The molecule has 0 saturated heterocycles. The average Bonchev–Trinajstić information content (AvgIpc) is 2.97. The molecule has 0 amide bonds. The SMILES string of the molecule is CCCNC(C)c1cc2cccc(-c3ccccc3)c2o1. The first-order valence-electron chi connectivity index (χ1n) is 7.61. The quantitative estimate of drug-likeness (QED) is 0.697. The number of furan rings is 1. The van der Waals surface area contributed by atoms with Gasteiger partial charge in [0.2, 0.25) is 0 Å². The van der Waals surface area contributed by atoms with Gasteiger partial charge in [-0.3, -0.25) is 0 Å². The van der Waals surface area contributed by atoms with E-state index in [1.165, 1.54) is 5.56 Å². The fourth-order valence-electron chi connectivity index (χ4n) is 2.60. The first-order chi connectivity index (χ1) is 10.3. The van der Waals surface area contributed by atoms with Gasteiger partial charge in [0.1, 0.15) is 11.3 Å². The number of rotatable bonds is 5. The molecule has 1 N–H and O–H groups in total. The zero-order valence-electron chi connectivity index (χ0n) is 12.6. The average molecular weight is 279 g/mol. The van der Waals surface area contributed by atoms with Gasteiger partial charge in [-0.15, -0.1) is 0 Å². The summed E-state index contributed by atoms with van der Waals surface area (Å²) in [5, 5.41) is 4.64. The summed E-state index contributed by atoms with van der Waals surface area (Å²) < 4.78 is 6.15. The Bertz CT molecular complexity index is 715. The minimum absolute atomic E-state index is 0.237. The van der Waals surface area contributed by atoms with Gasteiger partial charge in [-0.05, 0) is 31.5 Å². The van der Waals surface area contributed by atoms with E-state index in [4.69, 9.17) is 4.42 Å². The molecule has 0 spiro atoms. The fourth-order valence-corrected chi connectivity index (χ4v) is 2.60. The lowest BCUT2D eigenvalue weighted by Gasteiger charge is -2.09. The number of hydrogen-bond acceptors (Lipinski definition) is 2. The van der Waals surface area contributed by atoms with Crippen molar-refractivity contribution in [3.8, 4) is 11.1 Å². The largest absolute Gasteiger partial charge is 0.459 e. The lowest BCUT2D eigenvalue weighted by atomic mass is 10.0. The zero-order chi connectivity index (χ0) is 14.7. The molecular weight excluding hydrogens is 258 g/mol. The molecule has 0 saturated carbocycles. The minimum Gasteiger partial charge on any atom is -0.459 e. The summed E-state index contributed by atoms with van der Waals surface area (Å²) >= 11 is 0. The number of fused-ring (bicyclic) bond motifs is 1. The van der Waals surface area contributed by atoms with Crippen LogP contribution in [0.5, 0.6) is 0 Å². The van der Waals surface area contributed by atoms with Crippen LogP contribution in [0.3, 0.4) is 0 Å². The molecule has 1 heterocycles. The van der Waals surface area contributed by atoms with E-state index < -0.39 is 0 Å². The molecule has 0 radical (unpaired) electrons. The molecule has 0 aliphatic heterocycles. The Kier molecular flexibility index (Phi) is 4.07. The van der Waals surface area contributed by atoms with Crippen molar-refractivity contribution in [2.24, 2.45) is 0 Å². The van der Waals surface area contributed by atoms with Crippen molar-refractivity contribution in [3.63, 3.8) is 0 Å². The summed E-state index contributed by atoms with van der Waals surface area (Å²) in [6.45, 7) is 5.32. The summed E-state index contributed by atoms with van der Waals surface area (Å²) in [6.07, 6.45) is 1.12. The van der Waals surface area contributed by atoms with Crippen LogP contribution in [0.25, 0.3) is 22.1 Å². The van der Waals surface area contributed by atoms with Gasteiger partial charge in [-0.2, -0.15) is 0 Å². The molecule has 0 aliphatic carbocycles. The molecule has 0 aliphatic rings. The lowest BCUT2D eigenvalue weighted by molar-refractivity contribution is 0.452. The molecule has 1 unspecified atom stereocenters. The fraction of sp³-hybridized carbons (Fsp3) is 0.263. The van der Waals surface area contributed by atoms with Crippen LogP contribution < -0.4 is 5.32 Å². The highest BCUT2D eigenvalue weighted by molar-refractivity contribution is 5.92. The van der Waals surface area contributed by atoms with E-state index in [9.17, 15) is 0 Å². The first kappa shape index (κ1) is 13.9. The topological polar surface area (TPSA) is 25.2 Å². The Hall–Kier alpha value is -2.06. The summed E-state index contributed by atoms with van der Waals surface area (Å²) in [6, 6.07) is 19.1. The molecule has 2 aromatic carbocycles. The predicted molar refractivity (Wildman–Crippen MR) is 88.4 cm³/mol.